The molecule has 27 heavy (non-hydrogen) atoms. The highest BCUT2D eigenvalue weighted by Gasteiger charge is 2.46. The number of nitrogens with zero attached hydrogens (tertiary/aromatic N) is 4. The standard InChI is InChI=1S/C17H18ClN5O2S2/c18-14-16(22-7-8-26-17(22)21-14)27(24,25)13-10-23(11-3-1-5-19-9-11)15-12(13)4-2-6-20-15/h2,4,6-8,10-11,16-17,19H,1,3,5,9H2. The van der Waals surface area contributed by atoms with E-state index in [4.69, 9.17) is 11.6 Å². The summed E-state index contributed by atoms with van der Waals surface area (Å²) in [6.07, 6.45) is 7.23. The van der Waals surface area contributed by atoms with Crippen LogP contribution in [0.3, 0.4) is 0 Å². The predicted molar refractivity (Wildman–Crippen MR) is 107 cm³/mol. The van der Waals surface area contributed by atoms with Crippen molar-refractivity contribution in [3.05, 3.63) is 36.1 Å². The first kappa shape index (κ1) is 17.5. The summed E-state index contributed by atoms with van der Waals surface area (Å²) >= 11 is 7.72. The number of fused-ring (bicyclic) bond motifs is 2. The van der Waals surface area contributed by atoms with Gasteiger partial charge in [0.2, 0.25) is 9.84 Å². The molecule has 3 aliphatic rings. The zero-order valence-corrected chi connectivity index (χ0v) is 16.7. The normalized spacial score (nSPS) is 28.0. The zero-order valence-electron chi connectivity index (χ0n) is 14.3. The largest absolute Gasteiger partial charge is 0.327 e. The minimum atomic E-state index is -3.77. The van der Waals surface area contributed by atoms with Crippen molar-refractivity contribution in [2.24, 2.45) is 4.99 Å². The summed E-state index contributed by atoms with van der Waals surface area (Å²) in [4.78, 5) is 10.7. The smallest absolute Gasteiger partial charge is 0.208 e. The number of hydrogen-bond acceptors (Lipinski definition) is 7. The molecule has 3 aliphatic heterocycles. The lowest BCUT2D eigenvalue weighted by molar-refractivity contribution is 0.377. The quantitative estimate of drug-likeness (QED) is 0.817. The molecule has 2 aromatic heterocycles. The van der Waals surface area contributed by atoms with Crippen molar-refractivity contribution in [1.82, 2.24) is 19.8 Å². The summed E-state index contributed by atoms with van der Waals surface area (Å²) in [5.41, 5.74) is 0.394. The third-order valence-electron chi connectivity index (χ3n) is 5.21. The molecule has 5 rings (SSSR count). The lowest BCUT2D eigenvalue weighted by Crippen LogP contribution is -2.38. The van der Waals surface area contributed by atoms with Crippen LogP contribution in [0.1, 0.15) is 18.9 Å². The summed E-state index contributed by atoms with van der Waals surface area (Å²) < 4.78 is 29.2. The molecule has 1 fully saturated rings. The van der Waals surface area contributed by atoms with Crippen LogP contribution in [-0.4, -0.2) is 52.0 Å². The number of aromatic nitrogens is 2. The number of halogens is 1. The van der Waals surface area contributed by atoms with Crippen LogP contribution in [0.5, 0.6) is 0 Å². The summed E-state index contributed by atoms with van der Waals surface area (Å²) in [6, 6.07) is 3.76. The molecule has 1 N–H and O–H groups in total. The molecule has 0 aromatic carbocycles. The van der Waals surface area contributed by atoms with E-state index in [-0.39, 0.29) is 21.6 Å². The van der Waals surface area contributed by atoms with Gasteiger partial charge in [0, 0.05) is 36.6 Å². The molecule has 0 amide bonds. The molecule has 0 radical (unpaired) electrons. The Morgan fingerprint density at radius 1 is 1.37 bits per heavy atom. The molecule has 10 heteroatoms. The maximum atomic E-state index is 13.6. The van der Waals surface area contributed by atoms with Crippen LogP contribution in [0, 0.1) is 0 Å². The van der Waals surface area contributed by atoms with Crippen LogP contribution in [0.2, 0.25) is 0 Å². The monoisotopic (exact) mass is 423 g/mol. The second-order valence-corrected chi connectivity index (χ2v) is 10.1. The van der Waals surface area contributed by atoms with Gasteiger partial charge in [0.15, 0.2) is 10.9 Å². The first-order chi connectivity index (χ1) is 13.1. The van der Waals surface area contributed by atoms with Crippen molar-refractivity contribution in [3.63, 3.8) is 0 Å². The number of nitrogens with one attached hydrogen (secondary N) is 1. The molecule has 142 valence electrons. The first-order valence-corrected chi connectivity index (χ1v) is 11.7. The van der Waals surface area contributed by atoms with Gasteiger partial charge in [0.1, 0.15) is 10.8 Å². The molecule has 3 unspecified atom stereocenters. The Morgan fingerprint density at radius 3 is 3.07 bits per heavy atom. The molecule has 5 heterocycles. The molecule has 1 saturated heterocycles. The van der Waals surface area contributed by atoms with Crippen LogP contribution in [0.15, 0.2) is 46.0 Å². The van der Waals surface area contributed by atoms with Gasteiger partial charge < -0.3 is 14.8 Å². The number of sulfone groups is 1. The predicted octanol–water partition coefficient (Wildman–Crippen LogP) is 2.52. The lowest BCUT2D eigenvalue weighted by atomic mass is 10.1. The van der Waals surface area contributed by atoms with Crippen molar-refractivity contribution >= 4 is 49.4 Å². The third kappa shape index (κ3) is 2.71. The summed E-state index contributed by atoms with van der Waals surface area (Å²) in [7, 11) is -3.77. The van der Waals surface area contributed by atoms with Gasteiger partial charge in [-0.3, -0.25) is 0 Å². The van der Waals surface area contributed by atoms with Gasteiger partial charge in [0.25, 0.3) is 0 Å². The average Bonchev–Trinajstić information content (AvgIpc) is 3.34. The SMILES string of the molecule is O=S(=O)(c1cn(C2CCCNC2)c2ncccc12)C1C(Cl)=NC2SC=CN21. The van der Waals surface area contributed by atoms with Crippen molar-refractivity contribution in [2.75, 3.05) is 13.1 Å². The lowest BCUT2D eigenvalue weighted by Gasteiger charge is -2.25. The fourth-order valence-corrected chi connectivity index (χ4v) is 7.28. The van der Waals surface area contributed by atoms with Crippen LogP contribution in [0.25, 0.3) is 11.0 Å². The minimum absolute atomic E-state index is 0.112. The van der Waals surface area contributed by atoms with Crippen molar-refractivity contribution in [3.8, 4) is 0 Å². The van der Waals surface area contributed by atoms with Gasteiger partial charge >= 0.3 is 0 Å². The van der Waals surface area contributed by atoms with E-state index in [1.165, 1.54) is 11.8 Å². The van der Waals surface area contributed by atoms with Crippen LogP contribution < -0.4 is 5.32 Å². The third-order valence-corrected chi connectivity index (χ3v) is 8.51. The number of piperidine rings is 1. The molecular formula is C17H18ClN5O2S2. The minimum Gasteiger partial charge on any atom is -0.327 e. The van der Waals surface area contributed by atoms with E-state index in [1.54, 1.807) is 29.6 Å². The van der Waals surface area contributed by atoms with Gasteiger partial charge in [0.05, 0.1) is 4.90 Å². The Kier molecular flexibility index (Phi) is 4.23. The molecule has 7 nitrogen and oxygen atoms in total. The Hall–Kier alpha value is -1.55. The second kappa shape index (κ2) is 6.51. The molecular weight excluding hydrogens is 406 g/mol. The fourth-order valence-electron chi connectivity index (χ4n) is 3.94. The second-order valence-electron chi connectivity index (χ2n) is 6.82. The summed E-state index contributed by atoms with van der Waals surface area (Å²) in [6.45, 7) is 1.79. The number of pyridine rings is 1. The number of hydrogen-bond donors (Lipinski definition) is 1. The van der Waals surface area contributed by atoms with Crippen LogP contribution in [0.4, 0.5) is 0 Å². The van der Waals surface area contributed by atoms with E-state index in [9.17, 15) is 8.42 Å². The number of thioether (sulfide) groups is 1. The maximum Gasteiger partial charge on any atom is 0.208 e. The summed E-state index contributed by atoms with van der Waals surface area (Å²) in [5, 5.41) is 4.98. The van der Waals surface area contributed by atoms with E-state index >= 15 is 0 Å². The number of rotatable bonds is 3. The van der Waals surface area contributed by atoms with Gasteiger partial charge in [-0.1, -0.05) is 23.4 Å². The van der Waals surface area contributed by atoms with E-state index in [0.717, 1.165) is 25.9 Å². The number of aliphatic imine (C=N–C) groups is 1. The van der Waals surface area contributed by atoms with Gasteiger partial charge in [-0.2, -0.15) is 0 Å². The molecule has 3 atom stereocenters. The Labute approximate surface area is 166 Å². The van der Waals surface area contributed by atoms with Crippen molar-refractivity contribution in [2.45, 2.75) is 34.7 Å². The molecule has 0 saturated carbocycles. The van der Waals surface area contributed by atoms with Gasteiger partial charge in [-0.25, -0.2) is 18.4 Å². The summed E-state index contributed by atoms with van der Waals surface area (Å²) in [5.74, 6) is 0. The van der Waals surface area contributed by atoms with E-state index in [2.05, 4.69) is 15.3 Å². The van der Waals surface area contributed by atoms with Crippen LogP contribution in [-0.2, 0) is 9.84 Å². The average molecular weight is 424 g/mol. The topological polar surface area (TPSA) is 79.6 Å². The highest BCUT2D eigenvalue weighted by Crippen LogP contribution is 2.40. The molecule has 2 aromatic rings. The van der Waals surface area contributed by atoms with E-state index in [0.29, 0.717) is 11.0 Å². The van der Waals surface area contributed by atoms with Gasteiger partial charge in [-0.15, -0.1) is 0 Å². The van der Waals surface area contributed by atoms with E-state index < -0.39 is 15.2 Å². The van der Waals surface area contributed by atoms with E-state index in [1.807, 2.05) is 16.0 Å². The zero-order chi connectivity index (χ0) is 18.6. The Bertz CT molecular complexity index is 1060. The highest BCUT2D eigenvalue weighted by atomic mass is 35.5. The maximum absolute atomic E-state index is 13.6. The Morgan fingerprint density at radius 2 is 2.26 bits per heavy atom. The van der Waals surface area contributed by atoms with Crippen molar-refractivity contribution < 1.29 is 8.42 Å². The molecule has 0 spiro atoms. The van der Waals surface area contributed by atoms with Crippen LogP contribution >= 0.6 is 23.4 Å². The molecule has 0 aliphatic carbocycles. The first-order valence-electron chi connectivity index (χ1n) is 8.80. The fraction of sp³-hybridized carbons (Fsp3) is 0.412. The van der Waals surface area contributed by atoms with Crippen molar-refractivity contribution in [1.29, 1.82) is 0 Å². The van der Waals surface area contributed by atoms with Gasteiger partial charge in [-0.05, 0) is 36.9 Å². The Balaban J connectivity index is 1.64. The molecule has 0 bridgehead atoms. The highest BCUT2D eigenvalue weighted by molar-refractivity contribution is 8.03.